The van der Waals surface area contributed by atoms with Crippen molar-refractivity contribution < 1.29 is 9.90 Å². The number of phenolic OH excluding ortho intramolecular Hbond substituents is 1. The molecule has 4 heteroatoms. The van der Waals surface area contributed by atoms with Gasteiger partial charge in [0.25, 0.3) is 5.91 Å². The zero-order valence-corrected chi connectivity index (χ0v) is 11.3. The average Bonchev–Trinajstić information content (AvgIpc) is 2.48. The number of benzene rings is 2. The van der Waals surface area contributed by atoms with Crippen molar-refractivity contribution in [2.75, 3.05) is 11.9 Å². The van der Waals surface area contributed by atoms with E-state index < -0.39 is 0 Å². The summed E-state index contributed by atoms with van der Waals surface area (Å²) < 4.78 is 0. The number of anilines is 1. The zero-order valence-electron chi connectivity index (χ0n) is 11.3. The molecule has 0 aromatic heterocycles. The van der Waals surface area contributed by atoms with Crippen molar-refractivity contribution in [1.82, 2.24) is 0 Å². The molecule has 0 saturated heterocycles. The molecule has 0 unspecified atom stereocenters. The molecule has 0 aliphatic heterocycles. The van der Waals surface area contributed by atoms with Crippen LogP contribution < -0.4 is 4.90 Å². The Morgan fingerprint density at radius 3 is 2.65 bits per heavy atom. The Hall–Kier alpha value is -2.80. The molecule has 0 fully saturated rings. The van der Waals surface area contributed by atoms with Crippen LogP contribution in [0.15, 0.2) is 42.5 Å². The third-order valence-electron chi connectivity index (χ3n) is 3.14. The summed E-state index contributed by atoms with van der Waals surface area (Å²) in [5.41, 5.74) is 1.98. The van der Waals surface area contributed by atoms with Crippen LogP contribution in [0.2, 0.25) is 0 Å². The van der Waals surface area contributed by atoms with Crippen LogP contribution in [0.3, 0.4) is 0 Å². The topological polar surface area (TPSA) is 64.3 Å². The number of amides is 1. The van der Waals surface area contributed by atoms with Crippen LogP contribution in [0.4, 0.5) is 5.69 Å². The normalized spacial score (nSPS) is 9.85. The minimum Gasteiger partial charge on any atom is -0.507 e. The number of carbonyl (C=O) groups is 1. The fourth-order valence-corrected chi connectivity index (χ4v) is 1.91. The summed E-state index contributed by atoms with van der Waals surface area (Å²) in [5.74, 6) is -0.331. The van der Waals surface area contributed by atoms with Gasteiger partial charge in [-0.25, -0.2) is 0 Å². The highest BCUT2D eigenvalue weighted by Crippen LogP contribution is 2.25. The molecule has 0 spiro atoms. The fourth-order valence-electron chi connectivity index (χ4n) is 1.91. The van der Waals surface area contributed by atoms with E-state index in [0.29, 0.717) is 16.8 Å². The van der Waals surface area contributed by atoms with Crippen LogP contribution >= 0.6 is 0 Å². The number of nitrogens with zero attached hydrogens (tertiary/aromatic N) is 2. The lowest BCUT2D eigenvalue weighted by Crippen LogP contribution is -2.26. The predicted octanol–water partition coefficient (Wildman–Crippen LogP) is 2.85. The van der Waals surface area contributed by atoms with Gasteiger partial charge in [-0.05, 0) is 36.8 Å². The van der Waals surface area contributed by atoms with Crippen LogP contribution in [-0.4, -0.2) is 18.1 Å². The highest BCUT2D eigenvalue weighted by atomic mass is 16.3. The number of aromatic hydroxyl groups is 1. The Balaban J connectivity index is 2.38. The molecule has 0 aliphatic rings. The first-order chi connectivity index (χ1) is 9.54. The highest BCUT2D eigenvalue weighted by Gasteiger charge is 2.18. The van der Waals surface area contributed by atoms with Gasteiger partial charge in [-0.1, -0.05) is 18.2 Å². The standard InChI is InChI=1S/C16H14N2O2/c1-11-5-3-8-14(15(11)19)16(20)18(2)13-7-4-6-12(9-13)10-17/h3-9,19H,1-2H3. The van der Waals surface area contributed by atoms with Gasteiger partial charge in [-0.15, -0.1) is 0 Å². The van der Waals surface area contributed by atoms with Gasteiger partial charge in [0.05, 0.1) is 17.2 Å². The molecule has 0 radical (unpaired) electrons. The molecule has 0 bridgehead atoms. The molecule has 2 aromatic rings. The molecule has 1 N–H and O–H groups in total. The maximum atomic E-state index is 12.4. The molecule has 2 rings (SSSR count). The van der Waals surface area contributed by atoms with Crippen molar-refractivity contribution in [2.45, 2.75) is 6.92 Å². The van der Waals surface area contributed by atoms with Gasteiger partial charge in [-0.3, -0.25) is 4.79 Å². The minimum atomic E-state index is -0.318. The molecule has 4 nitrogen and oxygen atoms in total. The van der Waals surface area contributed by atoms with E-state index in [1.54, 1.807) is 56.4 Å². The van der Waals surface area contributed by atoms with E-state index in [4.69, 9.17) is 5.26 Å². The Morgan fingerprint density at radius 1 is 1.25 bits per heavy atom. The van der Waals surface area contributed by atoms with Gasteiger partial charge >= 0.3 is 0 Å². The molecule has 1 amide bonds. The Labute approximate surface area is 117 Å². The number of carbonyl (C=O) groups excluding carboxylic acids is 1. The van der Waals surface area contributed by atoms with Crippen molar-refractivity contribution in [2.24, 2.45) is 0 Å². The number of phenols is 1. The van der Waals surface area contributed by atoms with E-state index in [2.05, 4.69) is 0 Å². The Kier molecular flexibility index (Phi) is 3.72. The predicted molar refractivity (Wildman–Crippen MR) is 76.7 cm³/mol. The minimum absolute atomic E-state index is 0.0132. The van der Waals surface area contributed by atoms with Crippen molar-refractivity contribution in [3.63, 3.8) is 0 Å². The van der Waals surface area contributed by atoms with E-state index in [1.165, 1.54) is 4.90 Å². The van der Waals surface area contributed by atoms with Gasteiger partial charge in [-0.2, -0.15) is 5.26 Å². The van der Waals surface area contributed by atoms with Crippen LogP contribution in [0.1, 0.15) is 21.5 Å². The van der Waals surface area contributed by atoms with Crippen molar-refractivity contribution in [3.8, 4) is 11.8 Å². The number of para-hydroxylation sites is 1. The summed E-state index contributed by atoms with van der Waals surface area (Å²) in [6.45, 7) is 1.74. The molecular weight excluding hydrogens is 252 g/mol. The quantitative estimate of drug-likeness (QED) is 0.909. The van der Waals surface area contributed by atoms with Gasteiger partial charge < -0.3 is 10.0 Å². The monoisotopic (exact) mass is 266 g/mol. The van der Waals surface area contributed by atoms with Crippen LogP contribution in [0.5, 0.6) is 5.75 Å². The number of rotatable bonds is 2. The van der Waals surface area contributed by atoms with Crippen LogP contribution in [-0.2, 0) is 0 Å². The van der Waals surface area contributed by atoms with E-state index >= 15 is 0 Å². The molecule has 0 aliphatic carbocycles. The van der Waals surface area contributed by atoms with Gasteiger partial charge in [0.15, 0.2) is 0 Å². The lowest BCUT2D eigenvalue weighted by atomic mass is 10.1. The lowest BCUT2D eigenvalue weighted by Gasteiger charge is -2.18. The summed E-state index contributed by atoms with van der Waals surface area (Å²) in [7, 11) is 1.61. The maximum absolute atomic E-state index is 12.4. The molecule has 0 atom stereocenters. The summed E-state index contributed by atoms with van der Waals surface area (Å²) in [6.07, 6.45) is 0. The molecule has 0 saturated carbocycles. The van der Waals surface area contributed by atoms with E-state index in [0.717, 1.165) is 0 Å². The van der Waals surface area contributed by atoms with Crippen molar-refractivity contribution in [1.29, 1.82) is 5.26 Å². The average molecular weight is 266 g/mol. The second-order valence-electron chi connectivity index (χ2n) is 4.50. The number of nitriles is 1. The molecule has 2 aromatic carbocycles. The van der Waals surface area contributed by atoms with Gasteiger partial charge in [0, 0.05) is 12.7 Å². The SMILES string of the molecule is Cc1cccc(C(=O)N(C)c2cccc(C#N)c2)c1O. The Morgan fingerprint density at radius 2 is 1.95 bits per heavy atom. The lowest BCUT2D eigenvalue weighted by molar-refractivity contribution is 0.0990. The van der Waals surface area contributed by atoms with Gasteiger partial charge in [0.2, 0.25) is 0 Å². The first-order valence-electron chi connectivity index (χ1n) is 6.11. The van der Waals surface area contributed by atoms with Gasteiger partial charge in [0.1, 0.15) is 5.75 Å². The first-order valence-corrected chi connectivity index (χ1v) is 6.11. The van der Waals surface area contributed by atoms with E-state index in [9.17, 15) is 9.90 Å². The molecule has 0 heterocycles. The van der Waals surface area contributed by atoms with E-state index in [-0.39, 0.29) is 17.2 Å². The summed E-state index contributed by atoms with van der Waals surface area (Å²) in [6, 6.07) is 13.8. The van der Waals surface area contributed by atoms with Crippen LogP contribution in [0, 0.1) is 18.3 Å². The second kappa shape index (κ2) is 5.45. The molecular formula is C16H14N2O2. The number of hydrogen-bond donors (Lipinski definition) is 1. The fraction of sp³-hybridized carbons (Fsp3) is 0.125. The number of aryl methyl sites for hydroxylation is 1. The highest BCUT2D eigenvalue weighted by molar-refractivity contribution is 6.07. The Bertz CT molecular complexity index is 702. The zero-order chi connectivity index (χ0) is 14.7. The van der Waals surface area contributed by atoms with Crippen molar-refractivity contribution >= 4 is 11.6 Å². The van der Waals surface area contributed by atoms with E-state index in [1.807, 2.05) is 6.07 Å². The third-order valence-corrected chi connectivity index (χ3v) is 3.14. The largest absolute Gasteiger partial charge is 0.507 e. The maximum Gasteiger partial charge on any atom is 0.261 e. The first kappa shape index (κ1) is 13.6. The second-order valence-corrected chi connectivity index (χ2v) is 4.50. The summed E-state index contributed by atoms with van der Waals surface area (Å²) in [4.78, 5) is 13.8. The summed E-state index contributed by atoms with van der Waals surface area (Å²) in [5, 5.41) is 18.9. The molecule has 100 valence electrons. The smallest absolute Gasteiger partial charge is 0.261 e. The van der Waals surface area contributed by atoms with Crippen molar-refractivity contribution in [3.05, 3.63) is 59.2 Å². The number of hydrogen-bond acceptors (Lipinski definition) is 3. The van der Waals surface area contributed by atoms with Crippen LogP contribution in [0.25, 0.3) is 0 Å². The summed E-state index contributed by atoms with van der Waals surface area (Å²) >= 11 is 0. The third kappa shape index (κ3) is 2.47. The molecule has 20 heavy (non-hydrogen) atoms.